The van der Waals surface area contributed by atoms with Crippen molar-refractivity contribution >= 4 is 11.9 Å². The van der Waals surface area contributed by atoms with Gasteiger partial charge in [-0.1, -0.05) is 0 Å². The molecular weight excluding hydrogens is 162 g/mol. The van der Waals surface area contributed by atoms with Crippen molar-refractivity contribution in [3.05, 3.63) is 0 Å². The van der Waals surface area contributed by atoms with E-state index < -0.39 is 17.5 Å². The van der Waals surface area contributed by atoms with E-state index >= 15 is 0 Å². The minimum Gasteiger partial charge on any atom is -0.479 e. The number of esters is 1. The normalized spacial score (nSPS) is 28.4. The number of hydrogen-bond donors (Lipinski definition) is 2. The summed E-state index contributed by atoms with van der Waals surface area (Å²) < 4.78 is 4.42. The molecule has 1 aliphatic heterocycles. The van der Waals surface area contributed by atoms with Gasteiger partial charge >= 0.3 is 11.9 Å². The van der Waals surface area contributed by atoms with Crippen LogP contribution in [0, 0.1) is 0 Å². The molecular formula is C7H11NO4. The number of rotatable bonds is 2. The van der Waals surface area contributed by atoms with Crippen LogP contribution in [0.1, 0.15) is 12.8 Å². The van der Waals surface area contributed by atoms with Gasteiger partial charge in [0.2, 0.25) is 5.54 Å². The highest BCUT2D eigenvalue weighted by atomic mass is 16.5. The second-order valence-electron chi connectivity index (χ2n) is 2.73. The van der Waals surface area contributed by atoms with Crippen molar-refractivity contribution < 1.29 is 19.4 Å². The Kier molecular flexibility index (Phi) is 2.32. The van der Waals surface area contributed by atoms with Crippen molar-refractivity contribution in [2.75, 3.05) is 13.7 Å². The van der Waals surface area contributed by atoms with Gasteiger partial charge in [0, 0.05) is 0 Å². The minimum atomic E-state index is -1.49. The number of ether oxygens (including phenoxy) is 1. The Hall–Kier alpha value is -1.10. The largest absolute Gasteiger partial charge is 0.479 e. The molecule has 0 aromatic carbocycles. The average molecular weight is 173 g/mol. The molecule has 1 heterocycles. The minimum absolute atomic E-state index is 0.301. The van der Waals surface area contributed by atoms with Gasteiger partial charge in [0.1, 0.15) is 0 Å². The highest BCUT2D eigenvalue weighted by Crippen LogP contribution is 2.20. The number of hydrogen-bond acceptors (Lipinski definition) is 4. The Labute approximate surface area is 69.7 Å². The number of carboxylic acid groups (broad SMARTS) is 1. The Balaban J connectivity index is 2.86. The van der Waals surface area contributed by atoms with Crippen LogP contribution in [-0.4, -0.2) is 36.2 Å². The quantitative estimate of drug-likeness (QED) is 0.429. The average Bonchev–Trinajstić information content (AvgIpc) is 2.52. The fourth-order valence-corrected chi connectivity index (χ4v) is 1.36. The van der Waals surface area contributed by atoms with E-state index in [0.29, 0.717) is 19.4 Å². The lowest BCUT2D eigenvalue weighted by molar-refractivity contribution is -0.160. The number of carbonyl (C=O) groups is 2. The van der Waals surface area contributed by atoms with E-state index in [4.69, 9.17) is 5.11 Å². The summed E-state index contributed by atoms with van der Waals surface area (Å²) in [6.07, 6.45) is 0.983. The summed E-state index contributed by atoms with van der Waals surface area (Å²) in [4.78, 5) is 21.9. The van der Waals surface area contributed by atoms with Gasteiger partial charge < -0.3 is 9.84 Å². The highest BCUT2D eigenvalue weighted by molar-refractivity contribution is 6.04. The van der Waals surface area contributed by atoms with Crippen LogP contribution in [0.5, 0.6) is 0 Å². The van der Waals surface area contributed by atoms with Crippen LogP contribution in [0.25, 0.3) is 0 Å². The van der Waals surface area contributed by atoms with Gasteiger partial charge in [-0.3, -0.25) is 5.32 Å². The molecule has 0 radical (unpaired) electrons. The van der Waals surface area contributed by atoms with E-state index in [1.807, 2.05) is 0 Å². The Morgan fingerprint density at radius 3 is 2.58 bits per heavy atom. The summed E-state index contributed by atoms with van der Waals surface area (Å²) in [5, 5.41) is 11.4. The molecule has 1 atom stereocenters. The lowest BCUT2D eigenvalue weighted by Crippen LogP contribution is -2.54. The number of aliphatic carboxylic acids is 1. The van der Waals surface area contributed by atoms with Crippen LogP contribution in [0.3, 0.4) is 0 Å². The van der Waals surface area contributed by atoms with Crippen molar-refractivity contribution in [1.82, 2.24) is 5.32 Å². The SMILES string of the molecule is COC(=O)C1(C(=O)O)CCCN1. The van der Waals surface area contributed by atoms with Gasteiger partial charge in [-0.25, -0.2) is 9.59 Å². The molecule has 0 aliphatic carbocycles. The summed E-state index contributed by atoms with van der Waals surface area (Å²) in [6.45, 7) is 0.543. The maximum absolute atomic E-state index is 11.1. The third-order valence-electron chi connectivity index (χ3n) is 2.05. The van der Waals surface area contributed by atoms with Crippen molar-refractivity contribution in [3.63, 3.8) is 0 Å². The maximum Gasteiger partial charge on any atom is 0.337 e. The van der Waals surface area contributed by atoms with E-state index in [1.54, 1.807) is 0 Å². The van der Waals surface area contributed by atoms with Crippen LogP contribution < -0.4 is 5.32 Å². The van der Waals surface area contributed by atoms with Crippen molar-refractivity contribution in [3.8, 4) is 0 Å². The lowest BCUT2D eigenvalue weighted by Gasteiger charge is -2.20. The first-order valence-corrected chi connectivity index (χ1v) is 3.70. The van der Waals surface area contributed by atoms with Crippen LogP contribution in [-0.2, 0) is 14.3 Å². The van der Waals surface area contributed by atoms with Gasteiger partial charge in [-0.05, 0) is 19.4 Å². The summed E-state index contributed by atoms with van der Waals surface area (Å²) in [5.41, 5.74) is -1.49. The monoisotopic (exact) mass is 173 g/mol. The van der Waals surface area contributed by atoms with Gasteiger partial charge in [-0.15, -0.1) is 0 Å². The zero-order valence-corrected chi connectivity index (χ0v) is 6.79. The number of methoxy groups -OCH3 is 1. The molecule has 0 aromatic heterocycles. The fourth-order valence-electron chi connectivity index (χ4n) is 1.36. The molecule has 12 heavy (non-hydrogen) atoms. The second kappa shape index (κ2) is 3.10. The van der Waals surface area contributed by atoms with E-state index in [1.165, 1.54) is 7.11 Å². The Bertz CT molecular complexity index is 207. The molecule has 0 amide bonds. The summed E-state index contributed by atoms with van der Waals surface area (Å²) >= 11 is 0. The van der Waals surface area contributed by atoms with Gasteiger partial charge in [0.25, 0.3) is 0 Å². The van der Waals surface area contributed by atoms with Crippen LogP contribution in [0.4, 0.5) is 0 Å². The third-order valence-corrected chi connectivity index (χ3v) is 2.05. The second-order valence-corrected chi connectivity index (χ2v) is 2.73. The van der Waals surface area contributed by atoms with Gasteiger partial charge in [0.15, 0.2) is 0 Å². The molecule has 5 nitrogen and oxygen atoms in total. The predicted octanol–water partition coefficient (Wildman–Crippen LogP) is -0.634. The first-order valence-electron chi connectivity index (χ1n) is 3.70. The van der Waals surface area contributed by atoms with Gasteiger partial charge in [-0.2, -0.15) is 0 Å². The first kappa shape index (κ1) is 8.99. The topological polar surface area (TPSA) is 75.6 Å². The lowest BCUT2D eigenvalue weighted by atomic mass is 9.98. The molecule has 1 fully saturated rings. The van der Waals surface area contributed by atoms with Crippen LogP contribution in [0.15, 0.2) is 0 Å². The summed E-state index contributed by atoms with van der Waals surface area (Å²) in [7, 11) is 1.19. The predicted molar refractivity (Wildman–Crippen MR) is 39.6 cm³/mol. The first-order chi connectivity index (χ1) is 5.63. The highest BCUT2D eigenvalue weighted by Gasteiger charge is 2.49. The van der Waals surface area contributed by atoms with Crippen molar-refractivity contribution in [2.45, 2.75) is 18.4 Å². The summed E-state index contributed by atoms with van der Waals surface area (Å²) in [5.74, 6) is -1.88. The standard InChI is InChI=1S/C7H11NO4/c1-12-6(11)7(5(9)10)3-2-4-8-7/h8H,2-4H2,1H3,(H,9,10). The molecule has 1 saturated heterocycles. The van der Waals surface area contributed by atoms with Crippen molar-refractivity contribution in [1.29, 1.82) is 0 Å². The van der Waals surface area contributed by atoms with Crippen LogP contribution >= 0.6 is 0 Å². The van der Waals surface area contributed by atoms with E-state index in [2.05, 4.69) is 10.1 Å². The third kappa shape index (κ3) is 1.16. The molecule has 1 aliphatic rings. The Morgan fingerprint density at radius 1 is 1.58 bits per heavy atom. The molecule has 0 aromatic rings. The maximum atomic E-state index is 11.1. The van der Waals surface area contributed by atoms with E-state index in [9.17, 15) is 9.59 Å². The molecule has 68 valence electrons. The van der Waals surface area contributed by atoms with Gasteiger partial charge in [0.05, 0.1) is 7.11 Å². The van der Waals surface area contributed by atoms with Crippen LogP contribution in [0.2, 0.25) is 0 Å². The molecule has 1 rings (SSSR count). The fraction of sp³-hybridized carbons (Fsp3) is 0.714. The molecule has 0 spiro atoms. The molecule has 2 N–H and O–H groups in total. The molecule has 1 unspecified atom stereocenters. The molecule has 5 heteroatoms. The van der Waals surface area contributed by atoms with E-state index in [-0.39, 0.29) is 0 Å². The van der Waals surface area contributed by atoms with E-state index in [0.717, 1.165) is 0 Å². The Morgan fingerprint density at radius 2 is 2.25 bits per heavy atom. The zero-order valence-electron chi connectivity index (χ0n) is 6.79. The van der Waals surface area contributed by atoms with Crippen molar-refractivity contribution in [2.24, 2.45) is 0 Å². The smallest absolute Gasteiger partial charge is 0.337 e. The summed E-state index contributed by atoms with van der Waals surface area (Å²) in [6, 6.07) is 0. The number of nitrogens with one attached hydrogen (secondary N) is 1. The zero-order chi connectivity index (χ0) is 9.19. The number of carbonyl (C=O) groups excluding carboxylic acids is 1. The molecule has 0 saturated carbocycles. The number of carboxylic acids is 1. The molecule has 0 bridgehead atoms.